The lowest BCUT2D eigenvalue weighted by Gasteiger charge is -2.06. The van der Waals surface area contributed by atoms with E-state index in [9.17, 15) is 19.3 Å². The highest BCUT2D eigenvalue weighted by atomic mass is 32.1. The van der Waals surface area contributed by atoms with Gasteiger partial charge in [-0.15, -0.1) is 11.3 Å². The molecule has 0 fully saturated rings. The number of hydrogen-bond donors (Lipinski definition) is 2. The van der Waals surface area contributed by atoms with Gasteiger partial charge in [0.15, 0.2) is 5.13 Å². The zero-order valence-corrected chi connectivity index (χ0v) is 15.0. The van der Waals surface area contributed by atoms with Gasteiger partial charge in [-0.05, 0) is 43.3 Å². The molecule has 2 N–H and O–H groups in total. The lowest BCUT2D eigenvalue weighted by atomic mass is 10.1. The molecule has 0 radical (unpaired) electrons. The molecule has 3 aromatic rings. The van der Waals surface area contributed by atoms with Gasteiger partial charge < -0.3 is 5.32 Å². The largest absolute Gasteiger partial charge is 0.380 e. The van der Waals surface area contributed by atoms with Gasteiger partial charge in [0.05, 0.1) is 10.6 Å². The Morgan fingerprint density at radius 2 is 2.00 bits per heavy atom. The maximum atomic E-state index is 13.0. The fourth-order valence-corrected chi connectivity index (χ4v) is 3.13. The monoisotopic (exact) mass is 386 g/mol. The molecule has 1 aromatic heterocycles. The van der Waals surface area contributed by atoms with Crippen molar-refractivity contribution < 1.29 is 14.1 Å². The summed E-state index contributed by atoms with van der Waals surface area (Å²) in [6.07, 6.45) is 0. The molecule has 9 heteroatoms. The first kappa shape index (κ1) is 18.5. The third-order valence-electron chi connectivity index (χ3n) is 3.69. The molecule has 2 aromatic carbocycles. The van der Waals surface area contributed by atoms with Crippen molar-refractivity contribution in [2.45, 2.75) is 6.92 Å². The molecule has 27 heavy (non-hydrogen) atoms. The second kappa shape index (κ2) is 7.92. The van der Waals surface area contributed by atoms with Crippen LogP contribution >= 0.6 is 11.3 Å². The van der Waals surface area contributed by atoms with Crippen molar-refractivity contribution in [1.29, 1.82) is 0 Å². The van der Waals surface area contributed by atoms with Crippen molar-refractivity contribution in [3.63, 3.8) is 0 Å². The Balaban J connectivity index is 1.78. The number of rotatable bonds is 6. The molecule has 0 spiro atoms. The standard InChI is InChI=1S/C18H15FN4O3S/c1-2-20-14-8-5-12(9-16(14)23(25)26)17(24)22-18-21-15(10-27-18)11-3-6-13(19)7-4-11/h3-10,20H,2H2,1H3,(H,21,22,24). The van der Waals surface area contributed by atoms with Crippen LogP contribution in [0, 0.1) is 15.9 Å². The number of benzene rings is 2. The molecule has 0 aliphatic rings. The van der Waals surface area contributed by atoms with Crippen molar-refractivity contribution in [3.05, 3.63) is 69.3 Å². The number of thiazole rings is 1. The number of halogens is 1. The summed E-state index contributed by atoms with van der Waals surface area (Å²) in [4.78, 5) is 27.4. The number of aromatic nitrogens is 1. The van der Waals surface area contributed by atoms with Crippen LogP contribution in [-0.4, -0.2) is 22.4 Å². The smallest absolute Gasteiger partial charge is 0.293 e. The average Bonchev–Trinajstić information content (AvgIpc) is 3.11. The van der Waals surface area contributed by atoms with Crippen LogP contribution in [0.25, 0.3) is 11.3 Å². The summed E-state index contributed by atoms with van der Waals surface area (Å²) in [5.41, 5.74) is 1.66. The predicted octanol–water partition coefficient (Wildman–Crippen LogP) is 4.54. The average molecular weight is 386 g/mol. The van der Waals surface area contributed by atoms with E-state index < -0.39 is 10.8 Å². The van der Waals surface area contributed by atoms with Crippen LogP contribution in [0.4, 0.5) is 20.9 Å². The van der Waals surface area contributed by atoms with Gasteiger partial charge in [-0.3, -0.25) is 20.2 Å². The second-order valence-corrected chi connectivity index (χ2v) is 6.38. The molecule has 1 amide bonds. The molecule has 0 unspecified atom stereocenters. The Hall–Kier alpha value is -3.33. The van der Waals surface area contributed by atoms with Crippen molar-refractivity contribution >= 4 is 33.8 Å². The second-order valence-electron chi connectivity index (χ2n) is 5.52. The lowest BCUT2D eigenvalue weighted by molar-refractivity contribution is -0.384. The van der Waals surface area contributed by atoms with E-state index in [1.807, 2.05) is 6.92 Å². The van der Waals surface area contributed by atoms with E-state index in [4.69, 9.17) is 0 Å². The molecular weight excluding hydrogens is 371 g/mol. The van der Waals surface area contributed by atoms with Gasteiger partial charge in [0.2, 0.25) is 0 Å². The first-order valence-electron chi connectivity index (χ1n) is 8.03. The minimum atomic E-state index is -0.537. The number of amides is 1. The van der Waals surface area contributed by atoms with Crippen molar-refractivity contribution in [2.75, 3.05) is 17.2 Å². The maximum absolute atomic E-state index is 13.0. The fraction of sp³-hybridized carbons (Fsp3) is 0.111. The van der Waals surface area contributed by atoms with E-state index in [1.54, 1.807) is 17.5 Å². The minimum Gasteiger partial charge on any atom is -0.380 e. The normalized spacial score (nSPS) is 10.4. The lowest BCUT2D eigenvalue weighted by Crippen LogP contribution is -2.12. The Kier molecular flexibility index (Phi) is 5.41. The predicted molar refractivity (Wildman–Crippen MR) is 103 cm³/mol. The summed E-state index contributed by atoms with van der Waals surface area (Å²) in [7, 11) is 0. The fourth-order valence-electron chi connectivity index (χ4n) is 2.42. The number of carbonyl (C=O) groups excluding carboxylic acids is 1. The van der Waals surface area contributed by atoms with E-state index in [1.165, 1.54) is 41.7 Å². The first-order chi connectivity index (χ1) is 13.0. The van der Waals surface area contributed by atoms with Crippen molar-refractivity contribution in [3.8, 4) is 11.3 Å². The third-order valence-corrected chi connectivity index (χ3v) is 4.45. The summed E-state index contributed by atoms with van der Waals surface area (Å²) < 4.78 is 13.0. The summed E-state index contributed by atoms with van der Waals surface area (Å²) in [6, 6.07) is 10.1. The highest BCUT2D eigenvalue weighted by Crippen LogP contribution is 2.28. The first-order valence-corrected chi connectivity index (χ1v) is 8.91. The topological polar surface area (TPSA) is 97.2 Å². The highest BCUT2D eigenvalue weighted by Gasteiger charge is 2.18. The number of carbonyl (C=O) groups is 1. The number of nitro benzene ring substituents is 1. The van der Waals surface area contributed by atoms with Crippen LogP contribution in [0.3, 0.4) is 0 Å². The van der Waals surface area contributed by atoms with Crippen molar-refractivity contribution in [2.24, 2.45) is 0 Å². The van der Waals surface area contributed by atoms with Gasteiger partial charge in [-0.1, -0.05) is 0 Å². The molecule has 0 atom stereocenters. The molecule has 0 bridgehead atoms. The molecule has 0 saturated carbocycles. The quantitative estimate of drug-likeness (QED) is 0.479. The van der Waals surface area contributed by atoms with Gasteiger partial charge >= 0.3 is 0 Å². The Bertz CT molecular complexity index is 989. The summed E-state index contributed by atoms with van der Waals surface area (Å²) in [6.45, 7) is 2.35. The van der Waals surface area contributed by atoms with E-state index in [-0.39, 0.29) is 17.1 Å². The van der Waals surface area contributed by atoms with Crippen LogP contribution < -0.4 is 10.6 Å². The van der Waals surface area contributed by atoms with Gasteiger partial charge in [-0.25, -0.2) is 9.37 Å². The van der Waals surface area contributed by atoms with Crippen molar-refractivity contribution in [1.82, 2.24) is 4.98 Å². The van der Waals surface area contributed by atoms with Gasteiger partial charge in [0.25, 0.3) is 11.6 Å². The van der Waals surface area contributed by atoms with Crippen LogP contribution in [0.1, 0.15) is 17.3 Å². The minimum absolute atomic E-state index is 0.155. The molecule has 138 valence electrons. The van der Waals surface area contributed by atoms with Crippen LogP contribution in [0.15, 0.2) is 47.8 Å². The Morgan fingerprint density at radius 3 is 2.67 bits per heavy atom. The van der Waals surface area contributed by atoms with E-state index in [0.29, 0.717) is 23.1 Å². The van der Waals surface area contributed by atoms with E-state index >= 15 is 0 Å². The molecule has 0 aliphatic heterocycles. The van der Waals surface area contributed by atoms with Gasteiger partial charge in [0.1, 0.15) is 11.5 Å². The number of nitrogens with zero attached hydrogens (tertiary/aromatic N) is 2. The molecule has 1 heterocycles. The molecule has 7 nitrogen and oxygen atoms in total. The molecule has 0 aliphatic carbocycles. The van der Waals surface area contributed by atoms with E-state index in [0.717, 1.165) is 5.56 Å². The Labute approximate surface area is 158 Å². The summed E-state index contributed by atoms with van der Waals surface area (Å²) >= 11 is 1.21. The summed E-state index contributed by atoms with van der Waals surface area (Å²) in [5, 5.41) is 18.8. The SMILES string of the molecule is CCNc1ccc(C(=O)Nc2nc(-c3ccc(F)cc3)cs2)cc1[N+](=O)[O-]. The van der Waals surface area contributed by atoms with Gasteiger partial charge in [0, 0.05) is 29.1 Å². The van der Waals surface area contributed by atoms with Crippen LogP contribution in [0.2, 0.25) is 0 Å². The zero-order valence-electron chi connectivity index (χ0n) is 14.2. The number of nitro groups is 1. The summed E-state index contributed by atoms with van der Waals surface area (Å²) in [5.74, 6) is -0.841. The molecule has 3 rings (SSSR count). The van der Waals surface area contributed by atoms with Crippen LogP contribution in [0.5, 0.6) is 0 Å². The number of hydrogen-bond acceptors (Lipinski definition) is 6. The highest BCUT2D eigenvalue weighted by molar-refractivity contribution is 7.14. The molecular formula is C18H15FN4O3S. The van der Waals surface area contributed by atoms with Gasteiger partial charge in [-0.2, -0.15) is 0 Å². The molecule has 0 saturated heterocycles. The number of nitrogens with one attached hydrogen (secondary N) is 2. The number of anilines is 2. The zero-order chi connectivity index (χ0) is 19.4. The van der Waals surface area contributed by atoms with Crippen LogP contribution in [-0.2, 0) is 0 Å². The third kappa shape index (κ3) is 4.26. The maximum Gasteiger partial charge on any atom is 0.293 e. The Morgan fingerprint density at radius 1 is 1.26 bits per heavy atom. The van der Waals surface area contributed by atoms with E-state index in [2.05, 4.69) is 15.6 Å².